The van der Waals surface area contributed by atoms with Gasteiger partial charge in [0.15, 0.2) is 11.1 Å². The molecule has 20 heavy (non-hydrogen) atoms. The average molecular weight is 314 g/mol. The normalized spacial score (nSPS) is 11.5. The van der Waals surface area contributed by atoms with Crippen molar-refractivity contribution in [3.63, 3.8) is 0 Å². The van der Waals surface area contributed by atoms with Gasteiger partial charge in [0, 0.05) is 25.7 Å². The zero-order valence-electron chi connectivity index (χ0n) is 11.7. The van der Waals surface area contributed by atoms with E-state index >= 15 is 0 Å². The SMILES string of the molecule is CC(C)CN=C(N)NC(=S)NCCc1ncccc1Cl. The van der Waals surface area contributed by atoms with Crippen LogP contribution in [0.15, 0.2) is 23.3 Å². The zero-order valence-corrected chi connectivity index (χ0v) is 13.3. The number of hydrogen-bond donors (Lipinski definition) is 3. The Kier molecular flexibility index (Phi) is 7.25. The summed E-state index contributed by atoms with van der Waals surface area (Å²) in [6.07, 6.45) is 2.40. The topological polar surface area (TPSA) is 75.3 Å². The first-order valence-electron chi connectivity index (χ1n) is 6.43. The summed E-state index contributed by atoms with van der Waals surface area (Å²) in [6.45, 7) is 5.44. The van der Waals surface area contributed by atoms with E-state index in [1.165, 1.54) is 0 Å². The van der Waals surface area contributed by atoms with Crippen molar-refractivity contribution in [3.05, 3.63) is 29.0 Å². The second kappa shape index (κ2) is 8.71. The summed E-state index contributed by atoms with van der Waals surface area (Å²) >= 11 is 11.1. The molecule has 0 aliphatic heterocycles. The largest absolute Gasteiger partial charge is 0.370 e. The summed E-state index contributed by atoms with van der Waals surface area (Å²) in [5, 5.41) is 6.97. The second-order valence-electron chi connectivity index (χ2n) is 4.68. The molecule has 1 heterocycles. The van der Waals surface area contributed by atoms with Crippen LogP contribution >= 0.6 is 23.8 Å². The van der Waals surface area contributed by atoms with E-state index < -0.39 is 0 Å². The lowest BCUT2D eigenvalue weighted by molar-refractivity contribution is 0.663. The van der Waals surface area contributed by atoms with E-state index in [0.29, 0.717) is 41.5 Å². The molecule has 1 aromatic heterocycles. The fourth-order valence-electron chi connectivity index (χ4n) is 1.38. The average Bonchev–Trinajstić information content (AvgIpc) is 2.38. The van der Waals surface area contributed by atoms with E-state index in [9.17, 15) is 0 Å². The first-order chi connectivity index (χ1) is 9.49. The number of nitrogens with two attached hydrogens (primary N) is 1. The van der Waals surface area contributed by atoms with Crippen LogP contribution in [0.2, 0.25) is 5.02 Å². The Morgan fingerprint density at radius 3 is 2.95 bits per heavy atom. The number of aliphatic imine (C=N–C) groups is 1. The highest BCUT2D eigenvalue weighted by Crippen LogP contribution is 2.11. The van der Waals surface area contributed by atoms with E-state index in [2.05, 4.69) is 34.5 Å². The van der Waals surface area contributed by atoms with Gasteiger partial charge in [-0.05, 0) is 30.3 Å². The molecule has 0 aromatic carbocycles. The lowest BCUT2D eigenvalue weighted by Gasteiger charge is -2.10. The van der Waals surface area contributed by atoms with Gasteiger partial charge in [-0.15, -0.1) is 0 Å². The molecule has 0 radical (unpaired) electrons. The number of nitrogens with one attached hydrogen (secondary N) is 2. The Bertz CT molecular complexity index is 476. The molecule has 1 rings (SSSR count). The maximum Gasteiger partial charge on any atom is 0.194 e. The Balaban J connectivity index is 2.30. The first kappa shape index (κ1) is 16.7. The molecule has 0 saturated carbocycles. The molecule has 7 heteroatoms. The van der Waals surface area contributed by atoms with Gasteiger partial charge in [0.05, 0.1) is 10.7 Å². The van der Waals surface area contributed by atoms with E-state index in [0.717, 1.165) is 5.69 Å². The molecule has 0 aliphatic carbocycles. The van der Waals surface area contributed by atoms with Crippen LogP contribution in [-0.4, -0.2) is 29.1 Å². The van der Waals surface area contributed by atoms with Gasteiger partial charge in [0.25, 0.3) is 0 Å². The van der Waals surface area contributed by atoms with Crippen LogP contribution in [0.4, 0.5) is 0 Å². The van der Waals surface area contributed by atoms with Crippen molar-refractivity contribution in [1.82, 2.24) is 15.6 Å². The molecule has 110 valence electrons. The highest BCUT2D eigenvalue weighted by molar-refractivity contribution is 7.80. The third-order valence-corrected chi connectivity index (χ3v) is 2.94. The minimum atomic E-state index is 0.326. The van der Waals surface area contributed by atoms with Crippen molar-refractivity contribution in [3.8, 4) is 0 Å². The number of hydrogen-bond acceptors (Lipinski definition) is 3. The van der Waals surface area contributed by atoms with Crippen molar-refractivity contribution in [2.24, 2.45) is 16.6 Å². The zero-order chi connectivity index (χ0) is 15.0. The Morgan fingerprint density at radius 2 is 2.30 bits per heavy atom. The number of thiocarbonyl (C=S) groups is 1. The molecule has 0 saturated heterocycles. The van der Waals surface area contributed by atoms with Crippen LogP contribution in [0.25, 0.3) is 0 Å². The molecule has 0 bridgehead atoms. The lowest BCUT2D eigenvalue weighted by Crippen LogP contribution is -2.44. The van der Waals surface area contributed by atoms with Crippen LogP contribution in [-0.2, 0) is 6.42 Å². The molecule has 0 atom stereocenters. The van der Waals surface area contributed by atoms with Gasteiger partial charge in [-0.3, -0.25) is 9.98 Å². The summed E-state index contributed by atoms with van der Waals surface area (Å²) in [5.41, 5.74) is 6.55. The van der Waals surface area contributed by atoms with Crippen LogP contribution in [0, 0.1) is 5.92 Å². The minimum Gasteiger partial charge on any atom is -0.370 e. The van der Waals surface area contributed by atoms with E-state index in [1.807, 2.05) is 6.07 Å². The molecule has 0 amide bonds. The second-order valence-corrected chi connectivity index (χ2v) is 5.50. The number of nitrogens with zero attached hydrogens (tertiary/aromatic N) is 2. The maximum atomic E-state index is 6.02. The number of rotatable bonds is 5. The van der Waals surface area contributed by atoms with Gasteiger partial charge < -0.3 is 16.4 Å². The Morgan fingerprint density at radius 1 is 1.55 bits per heavy atom. The highest BCUT2D eigenvalue weighted by Gasteiger charge is 2.02. The highest BCUT2D eigenvalue weighted by atomic mass is 35.5. The quantitative estimate of drug-likeness (QED) is 0.438. The first-order valence-corrected chi connectivity index (χ1v) is 7.22. The molecular weight excluding hydrogens is 294 g/mol. The van der Waals surface area contributed by atoms with E-state index in [4.69, 9.17) is 29.6 Å². The molecule has 4 N–H and O–H groups in total. The van der Waals surface area contributed by atoms with Crippen LogP contribution in [0.5, 0.6) is 0 Å². The Labute approximate surface area is 130 Å². The third-order valence-electron chi connectivity index (χ3n) is 2.35. The molecule has 0 unspecified atom stereocenters. The van der Waals surface area contributed by atoms with Gasteiger partial charge in [-0.1, -0.05) is 25.4 Å². The van der Waals surface area contributed by atoms with Crippen molar-refractivity contribution in [1.29, 1.82) is 0 Å². The van der Waals surface area contributed by atoms with Gasteiger partial charge in [0.2, 0.25) is 0 Å². The third kappa shape index (κ3) is 6.68. The number of halogens is 1. The molecule has 0 aliphatic rings. The number of aromatic nitrogens is 1. The summed E-state index contributed by atoms with van der Waals surface area (Å²) in [4.78, 5) is 8.37. The number of pyridine rings is 1. The van der Waals surface area contributed by atoms with Crippen LogP contribution in [0.3, 0.4) is 0 Å². The molecular formula is C13H20ClN5S. The monoisotopic (exact) mass is 313 g/mol. The summed E-state index contributed by atoms with van der Waals surface area (Å²) in [5.74, 6) is 0.787. The van der Waals surface area contributed by atoms with Crippen molar-refractivity contribution >= 4 is 34.9 Å². The fraction of sp³-hybridized carbons (Fsp3) is 0.462. The van der Waals surface area contributed by atoms with Crippen LogP contribution < -0.4 is 16.4 Å². The fourth-order valence-corrected chi connectivity index (χ4v) is 1.80. The number of guanidine groups is 1. The summed E-state index contributed by atoms with van der Waals surface area (Å²) in [7, 11) is 0. The van der Waals surface area contributed by atoms with Crippen molar-refractivity contribution < 1.29 is 0 Å². The van der Waals surface area contributed by atoms with E-state index in [-0.39, 0.29) is 0 Å². The summed E-state index contributed by atoms with van der Waals surface area (Å²) in [6, 6.07) is 3.62. The maximum absolute atomic E-state index is 6.02. The van der Waals surface area contributed by atoms with Gasteiger partial charge in [-0.2, -0.15) is 0 Å². The molecule has 5 nitrogen and oxygen atoms in total. The predicted octanol–water partition coefficient (Wildman–Crippen LogP) is 1.71. The molecule has 1 aromatic rings. The predicted molar refractivity (Wildman–Crippen MR) is 88.0 cm³/mol. The van der Waals surface area contributed by atoms with Gasteiger partial charge in [-0.25, -0.2) is 0 Å². The lowest BCUT2D eigenvalue weighted by atomic mass is 10.2. The molecule has 0 fully saturated rings. The summed E-state index contributed by atoms with van der Waals surface area (Å²) < 4.78 is 0. The Hall–Kier alpha value is -1.40. The van der Waals surface area contributed by atoms with Gasteiger partial charge >= 0.3 is 0 Å². The smallest absolute Gasteiger partial charge is 0.194 e. The van der Waals surface area contributed by atoms with E-state index in [1.54, 1.807) is 12.3 Å². The molecule has 0 spiro atoms. The van der Waals surface area contributed by atoms with Gasteiger partial charge in [0.1, 0.15) is 0 Å². The standard InChI is InChI=1S/C13H20ClN5S/c1-9(2)8-18-12(15)19-13(20)17-7-5-11-10(14)4-3-6-16-11/h3-4,6,9H,5,7-8H2,1-2H3,(H4,15,17,18,19,20). The van der Waals surface area contributed by atoms with Crippen molar-refractivity contribution in [2.75, 3.05) is 13.1 Å². The van der Waals surface area contributed by atoms with Crippen molar-refractivity contribution in [2.45, 2.75) is 20.3 Å². The minimum absolute atomic E-state index is 0.326. The van der Waals surface area contributed by atoms with Crippen LogP contribution in [0.1, 0.15) is 19.5 Å².